The topological polar surface area (TPSA) is 252 Å². The molecule has 1 fully saturated rings. The van der Waals surface area contributed by atoms with Crippen LogP contribution in [0.15, 0.2) is 66.7 Å². The number of esters is 2. The normalized spacial score (nSPS) is 22.9. The molecular formula is C33H32O14. The molecule has 14 heteroatoms. The maximum Gasteiger partial charge on any atom is 0.339 e. The van der Waals surface area contributed by atoms with Crippen molar-refractivity contribution in [2.24, 2.45) is 0 Å². The molecule has 3 aromatic rings. The molecule has 0 aliphatic heterocycles. The highest BCUT2D eigenvalue weighted by Gasteiger charge is 2.61. The molecule has 14 nitrogen and oxygen atoms in total. The summed E-state index contributed by atoms with van der Waals surface area (Å²) in [4.78, 5) is 38.8. The first-order valence-electron chi connectivity index (χ1n) is 14.0. The molecule has 0 heterocycles. The molecule has 0 radical (unpaired) electrons. The van der Waals surface area contributed by atoms with Gasteiger partial charge >= 0.3 is 17.9 Å². The van der Waals surface area contributed by atoms with Crippen molar-refractivity contribution in [3.8, 4) is 23.0 Å². The van der Waals surface area contributed by atoms with Gasteiger partial charge in [-0.05, 0) is 64.7 Å². The molecule has 9 N–H and O–H groups in total. The van der Waals surface area contributed by atoms with Crippen molar-refractivity contribution in [3.05, 3.63) is 89.0 Å². The van der Waals surface area contributed by atoms with Crippen LogP contribution >= 0.6 is 0 Å². The largest absolute Gasteiger partial charge is 0.504 e. The van der Waals surface area contributed by atoms with Gasteiger partial charge in [0.15, 0.2) is 34.2 Å². The van der Waals surface area contributed by atoms with Gasteiger partial charge in [-0.2, -0.15) is 0 Å². The van der Waals surface area contributed by atoms with Crippen LogP contribution in [0.5, 0.6) is 23.0 Å². The van der Waals surface area contributed by atoms with Gasteiger partial charge in [-0.15, -0.1) is 0 Å². The molecule has 0 unspecified atom stereocenters. The Morgan fingerprint density at radius 3 is 2.09 bits per heavy atom. The Bertz CT molecular complexity index is 1730. The third-order valence-corrected chi connectivity index (χ3v) is 7.71. The maximum atomic E-state index is 13.9. The van der Waals surface area contributed by atoms with Gasteiger partial charge in [-0.25, -0.2) is 14.4 Å². The number of hydrogen-bond donors (Lipinski definition) is 9. The number of carbonyl (C=O) groups excluding carboxylic acids is 2. The van der Waals surface area contributed by atoms with Crippen LogP contribution in [-0.2, 0) is 30.5 Å². The average Bonchev–Trinajstić information content (AvgIpc) is 3.03. The minimum absolute atomic E-state index is 0.172. The molecule has 0 bridgehead atoms. The Balaban J connectivity index is 1.75. The molecule has 3 aromatic carbocycles. The van der Waals surface area contributed by atoms with Crippen molar-refractivity contribution >= 4 is 35.6 Å². The molecule has 0 saturated heterocycles. The van der Waals surface area contributed by atoms with E-state index in [0.717, 1.165) is 30.3 Å². The molecule has 1 saturated carbocycles. The number of aliphatic carboxylic acids is 1. The van der Waals surface area contributed by atoms with Crippen LogP contribution in [-0.4, -0.2) is 93.9 Å². The van der Waals surface area contributed by atoms with Crippen molar-refractivity contribution in [1.82, 2.24) is 0 Å². The fourth-order valence-electron chi connectivity index (χ4n) is 5.08. The third-order valence-electron chi connectivity index (χ3n) is 7.71. The molecule has 1 aliphatic carbocycles. The second kappa shape index (κ2) is 13.9. The first-order chi connectivity index (χ1) is 22.2. The summed E-state index contributed by atoms with van der Waals surface area (Å²) in [7, 11) is 0. The lowest BCUT2D eigenvalue weighted by Gasteiger charge is -2.48. The van der Waals surface area contributed by atoms with Crippen molar-refractivity contribution < 1.29 is 69.8 Å². The first-order valence-corrected chi connectivity index (χ1v) is 14.0. The van der Waals surface area contributed by atoms with Gasteiger partial charge in [-0.1, -0.05) is 30.3 Å². The summed E-state index contributed by atoms with van der Waals surface area (Å²) >= 11 is 0. The highest BCUT2D eigenvalue weighted by molar-refractivity contribution is 6.21. The summed E-state index contributed by atoms with van der Waals surface area (Å²) < 4.78 is 11.1. The Labute approximate surface area is 266 Å². The molecule has 0 aromatic heterocycles. The van der Waals surface area contributed by atoms with Crippen LogP contribution in [0.25, 0.3) is 17.7 Å². The van der Waals surface area contributed by atoms with Gasteiger partial charge in [0.05, 0.1) is 18.8 Å². The number of rotatable bonds is 10. The number of phenolic OH excluding ortho intramolecular Hbond substituents is 4. The number of benzene rings is 3. The van der Waals surface area contributed by atoms with Gasteiger partial charge in [0.25, 0.3) is 0 Å². The number of phenols is 4. The van der Waals surface area contributed by atoms with E-state index in [0.29, 0.717) is 5.56 Å². The molecule has 47 heavy (non-hydrogen) atoms. The SMILES string of the molecule is O=C(/C=C/c1ccc(O)c(O)c1)O[C@@]1(CO)[C@H](O)C[C@](O)(C(=O)O)C[C@H]1OC(=O)/C(=C/c1ccc(O)c(O)c1)c1cccc(CO)c1. The van der Waals surface area contributed by atoms with Crippen molar-refractivity contribution in [1.29, 1.82) is 0 Å². The van der Waals surface area contributed by atoms with Crippen molar-refractivity contribution in [2.45, 2.75) is 42.9 Å². The van der Waals surface area contributed by atoms with Gasteiger partial charge < -0.3 is 55.4 Å². The second-order valence-electron chi connectivity index (χ2n) is 10.9. The van der Waals surface area contributed by atoms with Crippen LogP contribution in [0.3, 0.4) is 0 Å². The Morgan fingerprint density at radius 2 is 1.49 bits per heavy atom. The van der Waals surface area contributed by atoms with Gasteiger partial charge in [0.2, 0.25) is 0 Å². The van der Waals surface area contributed by atoms with Crippen LogP contribution < -0.4 is 0 Å². The van der Waals surface area contributed by atoms with Crippen molar-refractivity contribution in [2.75, 3.05) is 6.61 Å². The van der Waals surface area contributed by atoms with E-state index in [1.54, 1.807) is 6.07 Å². The van der Waals surface area contributed by atoms with Gasteiger partial charge in [-0.3, -0.25) is 0 Å². The van der Waals surface area contributed by atoms with E-state index in [-0.39, 0.29) is 22.3 Å². The summed E-state index contributed by atoms with van der Waals surface area (Å²) in [6.07, 6.45) is -2.64. The Hall–Kier alpha value is -5.41. The van der Waals surface area contributed by atoms with Gasteiger partial charge in [0.1, 0.15) is 12.2 Å². The molecule has 1 aliphatic rings. The van der Waals surface area contributed by atoms with Crippen LogP contribution in [0.2, 0.25) is 0 Å². The van der Waals surface area contributed by atoms with Crippen LogP contribution in [0.1, 0.15) is 35.1 Å². The monoisotopic (exact) mass is 652 g/mol. The third kappa shape index (κ3) is 7.53. The quantitative estimate of drug-likeness (QED) is 0.0650. The number of aromatic hydroxyl groups is 4. The number of carboxylic acid groups (broad SMARTS) is 1. The minimum Gasteiger partial charge on any atom is -0.504 e. The summed E-state index contributed by atoms with van der Waals surface area (Å²) in [5, 5.41) is 90.7. The molecule has 0 amide bonds. The predicted molar refractivity (Wildman–Crippen MR) is 162 cm³/mol. The number of aliphatic hydroxyl groups is 4. The van der Waals surface area contributed by atoms with E-state index in [4.69, 9.17) is 9.47 Å². The molecule has 0 spiro atoms. The van der Waals surface area contributed by atoms with Crippen LogP contribution in [0.4, 0.5) is 0 Å². The lowest BCUT2D eigenvalue weighted by Crippen LogP contribution is -2.67. The molecule has 248 valence electrons. The van der Waals surface area contributed by atoms with Crippen molar-refractivity contribution in [3.63, 3.8) is 0 Å². The molecule has 4 atom stereocenters. The Kier molecular flexibility index (Phi) is 10.2. The number of hydrogen-bond acceptors (Lipinski definition) is 13. The molecule has 4 rings (SSSR count). The fourth-order valence-corrected chi connectivity index (χ4v) is 5.08. The zero-order valence-corrected chi connectivity index (χ0v) is 24.6. The van der Waals surface area contributed by atoms with E-state index in [2.05, 4.69) is 0 Å². The standard InChI is InChI=1S/C33H32O14/c34-16-20-2-1-3-21(10-20)22(11-19-5-8-24(37)26(39)13-19)30(42)46-28-15-32(45,31(43)44)14-27(40)33(28,17-35)47-29(41)9-6-18-4-7-23(36)25(38)12-18/h1-13,27-28,34-40,45H,14-17H2,(H,43,44)/b9-6+,22-11+/t27-,28-,32-,33+/m1/s1. The number of carboxylic acids is 1. The maximum absolute atomic E-state index is 13.9. The summed E-state index contributed by atoms with van der Waals surface area (Å²) in [6.45, 7) is -1.59. The van der Waals surface area contributed by atoms with Gasteiger partial charge in [0, 0.05) is 18.9 Å². The molecular weight excluding hydrogens is 620 g/mol. The van der Waals surface area contributed by atoms with E-state index in [9.17, 15) is 60.3 Å². The highest BCUT2D eigenvalue weighted by atomic mass is 16.6. The lowest BCUT2D eigenvalue weighted by atomic mass is 9.71. The number of ether oxygens (including phenoxy) is 2. The van der Waals surface area contributed by atoms with E-state index >= 15 is 0 Å². The Morgan fingerprint density at radius 1 is 0.851 bits per heavy atom. The smallest absolute Gasteiger partial charge is 0.339 e. The van der Waals surface area contributed by atoms with Crippen LogP contribution in [0, 0.1) is 0 Å². The second-order valence-corrected chi connectivity index (χ2v) is 10.9. The van der Waals surface area contributed by atoms with E-state index in [1.807, 2.05) is 0 Å². The van der Waals surface area contributed by atoms with E-state index in [1.165, 1.54) is 42.5 Å². The number of aliphatic hydroxyl groups excluding tert-OH is 3. The summed E-state index contributed by atoms with van der Waals surface area (Å²) in [5.74, 6) is -6.03. The lowest BCUT2D eigenvalue weighted by molar-refractivity contribution is -0.246. The summed E-state index contributed by atoms with van der Waals surface area (Å²) in [6, 6.07) is 13.3. The average molecular weight is 653 g/mol. The zero-order valence-electron chi connectivity index (χ0n) is 24.6. The van der Waals surface area contributed by atoms with E-state index < -0.39 is 90.4 Å². The highest BCUT2D eigenvalue weighted by Crippen LogP contribution is 2.41. The fraction of sp³-hybridized carbons (Fsp3) is 0.242. The zero-order chi connectivity index (χ0) is 34.5. The first kappa shape index (κ1) is 34.5. The number of carbonyl (C=O) groups is 3. The minimum atomic E-state index is -2.68. The summed E-state index contributed by atoms with van der Waals surface area (Å²) in [5.41, 5.74) is -4.42. The predicted octanol–water partition coefficient (Wildman–Crippen LogP) is 1.41.